The zero-order chi connectivity index (χ0) is 14.3. The van der Waals surface area contributed by atoms with Gasteiger partial charge in [-0.05, 0) is 56.6 Å². The van der Waals surface area contributed by atoms with Gasteiger partial charge in [-0.25, -0.2) is 0 Å². The first-order valence-electron chi connectivity index (χ1n) is 5.54. The van der Waals surface area contributed by atoms with Crippen molar-refractivity contribution in [2.24, 2.45) is 0 Å². The largest absolute Gasteiger partial charge is 0.481 e. The molecule has 2 N–H and O–H groups in total. The first kappa shape index (κ1) is 16.0. The highest BCUT2D eigenvalue weighted by Gasteiger charge is 2.10. The van der Waals surface area contributed by atoms with E-state index in [1.807, 2.05) is 19.2 Å². The number of hydrogen-bond donors (Lipinski definition) is 2. The van der Waals surface area contributed by atoms with Crippen LogP contribution in [-0.4, -0.2) is 26.1 Å². The molecule has 1 rings (SSSR count). The van der Waals surface area contributed by atoms with E-state index in [2.05, 4.69) is 48.4 Å². The maximum atomic E-state index is 11.4. The molecule has 0 fully saturated rings. The summed E-state index contributed by atoms with van der Waals surface area (Å²) in [7, 11) is 1.88. The molecule has 0 unspecified atom stereocenters. The van der Waals surface area contributed by atoms with Crippen molar-refractivity contribution in [3.8, 4) is 18.1 Å². The smallest absolute Gasteiger partial charge is 0.258 e. The summed E-state index contributed by atoms with van der Waals surface area (Å²) >= 11 is 6.85. The first-order chi connectivity index (χ1) is 9.08. The Bertz CT molecular complexity index is 475. The lowest BCUT2D eigenvalue weighted by Gasteiger charge is -2.12. The Labute approximate surface area is 129 Å². The van der Waals surface area contributed by atoms with Crippen LogP contribution in [0.5, 0.6) is 5.75 Å². The molecule has 19 heavy (non-hydrogen) atoms. The minimum Gasteiger partial charge on any atom is -0.481 e. The molecule has 0 saturated carbocycles. The van der Waals surface area contributed by atoms with Crippen LogP contribution < -0.4 is 15.4 Å². The minimum absolute atomic E-state index is 0.0791. The van der Waals surface area contributed by atoms with Gasteiger partial charge in [0.05, 0.1) is 15.5 Å². The first-order valence-corrected chi connectivity index (χ1v) is 7.12. The van der Waals surface area contributed by atoms with Crippen molar-refractivity contribution in [3.05, 3.63) is 26.6 Å². The second-order valence-electron chi connectivity index (χ2n) is 3.69. The molecule has 0 bridgehead atoms. The molecule has 0 spiro atoms. The van der Waals surface area contributed by atoms with Crippen LogP contribution >= 0.6 is 31.9 Å². The quantitative estimate of drug-likeness (QED) is 0.732. The van der Waals surface area contributed by atoms with Crippen molar-refractivity contribution in [2.75, 3.05) is 20.2 Å². The summed E-state index contributed by atoms with van der Waals surface area (Å²) in [6, 6.07) is 3.88. The fraction of sp³-hybridized carbons (Fsp3) is 0.308. The summed E-state index contributed by atoms with van der Waals surface area (Å²) in [5.74, 6) is 2.67. The predicted molar refractivity (Wildman–Crippen MR) is 81.9 cm³/mol. The molecule has 0 radical (unpaired) electrons. The minimum atomic E-state index is -0.254. The number of carbonyl (C=O) groups excluding carboxylic acids is 1. The number of amides is 1. The number of terminal acetylenes is 1. The van der Waals surface area contributed by atoms with Gasteiger partial charge in [0, 0.05) is 6.54 Å². The predicted octanol–water partition coefficient (Wildman–Crippen LogP) is 2.06. The van der Waals surface area contributed by atoms with Gasteiger partial charge < -0.3 is 15.4 Å². The number of hydrogen-bond acceptors (Lipinski definition) is 3. The van der Waals surface area contributed by atoms with Crippen molar-refractivity contribution in [2.45, 2.75) is 6.54 Å². The van der Waals surface area contributed by atoms with E-state index in [1.54, 1.807) is 0 Å². The third kappa shape index (κ3) is 5.23. The number of halogens is 2. The molecule has 0 atom stereocenters. The van der Waals surface area contributed by atoms with Crippen LogP contribution in [-0.2, 0) is 11.3 Å². The second-order valence-corrected chi connectivity index (χ2v) is 5.40. The standard InChI is InChI=1S/C13H14Br2N2O2/c1-3-4-17-12(18)8-19-13-10(14)5-9(7-16-2)6-11(13)15/h1,5-6,16H,4,7-8H2,2H3,(H,17,18). The van der Waals surface area contributed by atoms with Gasteiger partial charge in [-0.3, -0.25) is 4.79 Å². The SMILES string of the molecule is C#CCNC(=O)COc1c(Br)cc(CNC)cc1Br. The maximum absolute atomic E-state index is 11.4. The molecule has 0 saturated heterocycles. The highest BCUT2D eigenvalue weighted by molar-refractivity contribution is 9.11. The van der Waals surface area contributed by atoms with Gasteiger partial charge in [0.15, 0.2) is 6.61 Å². The van der Waals surface area contributed by atoms with Gasteiger partial charge in [-0.15, -0.1) is 6.42 Å². The van der Waals surface area contributed by atoms with Crippen LogP contribution in [0.2, 0.25) is 0 Å². The van der Waals surface area contributed by atoms with Crippen LogP contribution in [0.4, 0.5) is 0 Å². The zero-order valence-corrected chi connectivity index (χ0v) is 13.6. The third-order valence-electron chi connectivity index (χ3n) is 2.17. The zero-order valence-electron chi connectivity index (χ0n) is 10.4. The van der Waals surface area contributed by atoms with E-state index in [1.165, 1.54) is 0 Å². The summed E-state index contributed by atoms with van der Waals surface area (Å²) in [4.78, 5) is 11.4. The summed E-state index contributed by atoms with van der Waals surface area (Å²) in [5.41, 5.74) is 1.10. The van der Waals surface area contributed by atoms with Gasteiger partial charge >= 0.3 is 0 Å². The van der Waals surface area contributed by atoms with Crippen molar-refractivity contribution < 1.29 is 9.53 Å². The fourth-order valence-corrected chi connectivity index (χ4v) is 2.91. The molecule has 1 amide bonds. The van der Waals surface area contributed by atoms with Gasteiger partial charge in [-0.1, -0.05) is 5.92 Å². The summed E-state index contributed by atoms with van der Waals surface area (Å²) in [6.45, 7) is 0.871. The van der Waals surface area contributed by atoms with E-state index in [0.29, 0.717) is 5.75 Å². The van der Waals surface area contributed by atoms with Crippen LogP contribution in [0.3, 0.4) is 0 Å². The van der Waals surface area contributed by atoms with E-state index < -0.39 is 0 Å². The Kier molecular flexibility index (Phi) is 6.92. The van der Waals surface area contributed by atoms with Crippen LogP contribution in [0.1, 0.15) is 5.56 Å². The average molecular weight is 390 g/mol. The molecule has 6 heteroatoms. The molecule has 102 valence electrons. The van der Waals surface area contributed by atoms with Gasteiger partial charge in [0.25, 0.3) is 5.91 Å². The Morgan fingerprint density at radius 1 is 1.42 bits per heavy atom. The topological polar surface area (TPSA) is 50.4 Å². The summed E-state index contributed by atoms with van der Waals surface area (Å²) in [5, 5.41) is 5.60. The lowest BCUT2D eigenvalue weighted by molar-refractivity contribution is -0.122. The van der Waals surface area contributed by atoms with E-state index >= 15 is 0 Å². The van der Waals surface area contributed by atoms with Crippen LogP contribution in [0, 0.1) is 12.3 Å². The molecule has 0 aromatic heterocycles. The van der Waals surface area contributed by atoms with Crippen molar-refractivity contribution in [1.29, 1.82) is 0 Å². The average Bonchev–Trinajstić information content (AvgIpc) is 2.35. The van der Waals surface area contributed by atoms with Crippen molar-refractivity contribution in [3.63, 3.8) is 0 Å². The Morgan fingerprint density at radius 3 is 2.58 bits per heavy atom. The van der Waals surface area contributed by atoms with E-state index in [9.17, 15) is 4.79 Å². The Hall–Kier alpha value is -1.03. The summed E-state index contributed by atoms with van der Waals surface area (Å²) in [6.07, 6.45) is 5.05. The number of ether oxygens (including phenoxy) is 1. The van der Waals surface area contributed by atoms with Crippen molar-refractivity contribution in [1.82, 2.24) is 10.6 Å². The monoisotopic (exact) mass is 388 g/mol. The lowest BCUT2D eigenvalue weighted by atomic mass is 10.2. The Balaban J connectivity index is 2.69. The second kappa shape index (κ2) is 8.20. The molecule has 0 aliphatic rings. The highest BCUT2D eigenvalue weighted by atomic mass is 79.9. The van der Waals surface area contributed by atoms with E-state index in [4.69, 9.17) is 11.2 Å². The number of carbonyl (C=O) groups is 1. The van der Waals surface area contributed by atoms with Crippen LogP contribution in [0.15, 0.2) is 21.1 Å². The van der Waals surface area contributed by atoms with Gasteiger partial charge in [0.1, 0.15) is 5.75 Å². The van der Waals surface area contributed by atoms with Crippen molar-refractivity contribution >= 4 is 37.8 Å². The number of rotatable bonds is 6. The number of nitrogens with one attached hydrogen (secondary N) is 2. The number of benzene rings is 1. The fourth-order valence-electron chi connectivity index (χ4n) is 1.39. The molecule has 1 aromatic carbocycles. The third-order valence-corrected chi connectivity index (χ3v) is 3.35. The molecular formula is C13H14Br2N2O2. The normalized spacial score (nSPS) is 9.79. The molecule has 0 aliphatic carbocycles. The van der Waals surface area contributed by atoms with E-state index in [0.717, 1.165) is 21.1 Å². The van der Waals surface area contributed by atoms with Gasteiger partial charge in [0.2, 0.25) is 0 Å². The molecule has 4 nitrogen and oxygen atoms in total. The lowest BCUT2D eigenvalue weighted by Crippen LogP contribution is -2.29. The van der Waals surface area contributed by atoms with Gasteiger partial charge in [-0.2, -0.15) is 0 Å². The highest BCUT2D eigenvalue weighted by Crippen LogP contribution is 2.34. The summed E-state index contributed by atoms with van der Waals surface area (Å²) < 4.78 is 7.04. The molecule has 0 heterocycles. The maximum Gasteiger partial charge on any atom is 0.258 e. The molecule has 1 aromatic rings. The molecule has 0 aliphatic heterocycles. The Morgan fingerprint density at radius 2 is 2.05 bits per heavy atom. The van der Waals surface area contributed by atoms with E-state index in [-0.39, 0.29) is 19.1 Å². The molecular weight excluding hydrogens is 376 g/mol. The van der Waals surface area contributed by atoms with Crippen LogP contribution in [0.25, 0.3) is 0 Å².